The first-order chi connectivity index (χ1) is 8.74. The summed E-state index contributed by atoms with van der Waals surface area (Å²) in [6.07, 6.45) is 2.11. The fraction of sp³-hybridized carbons (Fsp3) is 0.538. The van der Waals surface area contributed by atoms with E-state index in [1.807, 2.05) is 23.9 Å². The zero-order valence-corrected chi connectivity index (χ0v) is 11.8. The van der Waals surface area contributed by atoms with Gasteiger partial charge < -0.3 is 19.5 Å². The van der Waals surface area contributed by atoms with E-state index >= 15 is 0 Å². The van der Waals surface area contributed by atoms with Crippen molar-refractivity contribution in [3.05, 3.63) is 17.7 Å². The molecule has 1 unspecified atom stereocenters. The molecule has 1 aromatic carbocycles. The molecule has 0 saturated carbocycles. The minimum Gasteiger partial charge on any atom is -0.493 e. The summed E-state index contributed by atoms with van der Waals surface area (Å²) in [7, 11) is 1.64. The SMILES string of the molecule is COc1cc(CNC(C)CSC)cc2c1OCO2. The molecule has 1 aromatic rings. The first-order valence-corrected chi connectivity index (χ1v) is 7.32. The second-order valence-electron chi connectivity index (χ2n) is 4.27. The van der Waals surface area contributed by atoms with Gasteiger partial charge in [0.25, 0.3) is 0 Å². The molecule has 0 amide bonds. The Morgan fingerprint density at radius 3 is 3.00 bits per heavy atom. The van der Waals surface area contributed by atoms with Crippen molar-refractivity contribution in [1.82, 2.24) is 5.32 Å². The Kier molecular flexibility index (Phi) is 4.60. The minimum atomic E-state index is 0.269. The molecule has 1 aliphatic heterocycles. The van der Waals surface area contributed by atoms with Gasteiger partial charge in [-0.3, -0.25) is 0 Å². The van der Waals surface area contributed by atoms with Gasteiger partial charge in [0.05, 0.1) is 7.11 Å². The molecule has 100 valence electrons. The maximum Gasteiger partial charge on any atom is 0.231 e. The largest absolute Gasteiger partial charge is 0.493 e. The highest BCUT2D eigenvalue weighted by molar-refractivity contribution is 7.98. The van der Waals surface area contributed by atoms with Gasteiger partial charge in [-0.25, -0.2) is 0 Å². The number of hydrogen-bond acceptors (Lipinski definition) is 5. The number of fused-ring (bicyclic) bond motifs is 1. The number of ether oxygens (including phenoxy) is 3. The number of rotatable bonds is 6. The van der Waals surface area contributed by atoms with Crippen molar-refractivity contribution < 1.29 is 14.2 Å². The zero-order chi connectivity index (χ0) is 13.0. The van der Waals surface area contributed by atoms with E-state index in [0.717, 1.165) is 29.4 Å². The highest BCUT2D eigenvalue weighted by Gasteiger charge is 2.19. The molecule has 1 heterocycles. The van der Waals surface area contributed by atoms with E-state index in [9.17, 15) is 0 Å². The number of thioether (sulfide) groups is 1. The lowest BCUT2D eigenvalue weighted by atomic mass is 10.1. The maximum atomic E-state index is 5.40. The van der Waals surface area contributed by atoms with Crippen LogP contribution in [0.25, 0.3) is 0 Å². The molecular weight excluding hydrogens is 250 g/mol. The molecule has 0 aliphatic carbocycles. The first-order valence-electron chi connectivity index (χ1n) is 5.93. The lowest BCUT2D eigenvalue weighted by Gasteiger charge is -2.13. The van der Waals surface area contributed by atoms with E-state index in [2.05, 4.69) is 18.5 Å². The van der Waals surface area contributed by atoms with Gasteiger partial charge in [0.1, 0.15) is 0 Å². The van der Waals surface area contributed by atoms with E-state index in [-0.39, 0.29) is 6.79 Å². The average Bonchev–Trinajstić information content (AvgIpc) is 2.83. The standard InChI is InChI=1S/C13H19NO3S/c1-9(7-18-3)14-6-10-4-11(15-2)13-12(5-10)16-8-17-13/h4-5,9,14H,6-8H2,1-3H3. The molecule has 1 atom stereocenters. The van der Waals surface area contributed by atoms with E-state index in [0.29, 0.717) is 11.8 Å². The number of benzene rings is 1. The predicted octanol–water partition coefficient (Wildman–Crippen LogP) is 2.27. The summed E-state index contributed by atoms with van der Waals surface area (Å²) in [4.78, 5) is 0. The highest BCUT2D eigenvalue weighted by atomic mass is 32.2. The molecule has 0 bridgehead atoms. The zero-order valence-electron chi connectivity index (χ0n) is 11.0. The van der Waals surface area contributed by atoms with Crippen LogP contribution >= 0.6 is 11.8 Å². The van der Waals surface area contributed by atoms with Crippen molar-refractivity contribution in [2.24, 2.45) is 0 Å². The molecule has 1 N–H and O–H groups in total. The van der Waals surface area contributed by atoms with Gasteiger partial charge in [0.15, 0.2) is 11.5 Å². The summed E-state index contributed by atoms with van der Waals surface area (Å²) in [5.74, 6) is 3.31. The van der Waals surface area contributed by atoms with E-state index in [4.69, 9.17) is 14.2 Å². The Hall–Kier alpha value is -1.07. The Morgan fingerprint density at radius 1 is 1.44 bits per heavy atom. The van der Waals surface area contributed by atoms with Gasteiger partial charge in [-0.05, 0) is 30.9 Å². The summed E-state index contributed by atoms with van der Waals surface area (Å²) in [5.41, 5.74) is 1.14. The average molecular weight is 269 g/mol. The van der Waals surface area contributed by atoms with E-state index in [1.165, 1.54) is 0 Å². The van der Waals surface area contributed by atoms with Crippen LogP contribution in [0.4, 0.5) is 0 Å². The van der Waals surface area contributed by atoms with E-state index < -0.39 is 0 Å². The molecule has 5 heteroatoms. The third kappa shape index (κ3) is 3.03. The van der Waals surface area contributed by atoms with Crippen LogP contribution < -0.4 is 19.5 Å². The molecule has 4 nitrogen and oxygen atoms in total. The fourth-order valence-corrected chi connectivity index (χ4v) is 2.50. The predicted molar refractivity (Wildman–Crippen MR) is 73.8 cm³/mol. The highest BCUT2D eigenvalue weighted by Crippen LogP contribution is 2.41. The second kappa shape index (κ2) is 6.20. The minimum absolute atomic E-state index is 0.269. The van der Waals surface area contributed by atoms with Gasteiger partial charge in [0, 0.05) is 18.3 Å². The molecule has 0 spiro atoms. The van der Waals surface area contributed by atoms with Crippen LogP contribution in [0.1, 0.15) is 12.5 Å². The number of methoxy groups -OCH3 is 1. The van der Waals surface area contributed by atoms with Crippen molar-refractivity contribution in [2.75, 3.05) is 25.9 Å². The van der Waals surface area contributed by atoms with Crippen LogP contribution in [0.2, 0.25) is 0 Å². The van der Waals surface area contributed by atoms with Gasteiger partial charge in [0.2, 0.25) is 12.5 Å². The molecule has 0 saturated heterocycles. The van der Waals surface area contributed by atoms with Crippen molar-refractivity contribution in [3.63, 3.8) is 0 Å². The molecular formula is C13H19NO3S. The quantitative estimate of drug-likeness (QED) is 0.858. The summed E-state index contributed by atoms with van der Waals surface area (Å²) in [6, 6.07) is 4.48. The summed E-state index contributed by atoms with van der Waals surface area (Å²) in [5, 5.41) is 3.47. The monoisotopic (exact) mass is 269 g/mol. The Bertz CT molecular complexity index is 411. The fourth-order valence-electron chi connectivity index (χ4n) is 1.89. The summed E-state index contributed by atoms with van der Waals surface area (Å²) >= 11 is 1.84. The molecule has 0 fully saturated rings. The van der Waals surface area contributed by atoms with Crippen LogP contribution in [-0.4, -0.2) is 32.0 Å². The topological polar surface area (TPSA) is 39.7 Å². The first kappa shape index (κ1) is 13.4. The van der Waals surface area contributed by atoms with Gasteiger partial charge in [-0.1, -0.05) is 0 Å². The Balaban J connectivity index is 2.05. The van der Waals surface area contributed by atoms with Crippen molar-refractivity contribution in [3.8, 4) is 17.2 Å². The molecule has 0 radical (unpaired) electrons. The molecule has 0 aromatic heterocycles. The van der Waals surface area contributed by atoms with Crippen LogP contribution in [0, 0.1) is 0 Å². The van der Waals surface area contributed by atoms with Crippen LogP contribution in [0.5, 0.6) is 17.2 Å². The van der Waals surface area contributed by atoms with Crippen LogP contribution in [-0.2, 0) is 6.54 Å². The van der Waals surface area contributed by atoms with Crippen LogP contribution in [0.15, 0.2) is 12.1 Å². The lowest BCUT2D eigenvalue weighted by molar-refractivity contribution is 0.171. The molecule has 1 aliphatic rings. The number of hydrogen-bond donors (Lipinski definition) is 1. The Labute approximate surface area is 112 Å². The third-order valence-corrected chi connectivity index (χ3v) is 3.62. The van der Waals surface area contributed by atoms with Gasteiger partial charge >= 0.3 is 0 Å². The van der Waals surface area contributed by atoms with Gasteiger partial charge in [-0.2, -0.15) is 11.8 Å². The Morgan fingerprint density at radius 2 is 2.28 bits per heavy atom. The normalized spacial score (nSPS) is 14.6. The third-order valence-electron chi connectivity index (χ3n) is 2.79. The summed E-state index contributed by atoms with van der Waals surface area (Å²) < 4.78 is 16.1. The van der Waals surface area contributed by atoms with Crippen LogP contribution in [0.3, 0.4) is 0 Å². The van der Waals surface area contributed by atoms with Crippen molar-refractivity contribution >= 4 is 11.8 Å². The second-order valence-corrected chi connectivity index (χ2v) is 5.18. The summed E-state index contributed by atoms with van der Waals surface area (Å²) in [6.45, 7) is 3.25. The molecule has 18 heavy (non-hydrogen) atoms. The van der Waals surface area contributed by atoms with E-state index in [1.54, 1.807) is 7.11 Å². The lowest BCUT2D eigenvalue weighted by Crippen LogP contribution is -2.27. The maximum absolute atomic E-state index is 5.40. The smallest absolute Gasteiger partial charge is 0.231 e. The molecule has 2 rings (SSSR count). The van der Waals surface area contributed by atoms with Gasteiger partial charge in [-0.15, -0.1) is 0 Å². The van der Waals surface area contributed by atoms with Crippen molar-refractivity contribution in [2.45, 2.75) is 19.5 Å². The number of nitrogens with one attached hydrogen (secondary N) is 1. The van der Waals surface area contributed by atoms with Crippen molar-refractivity contribution in [1.29, 1.82) is 0 Å².